The maximum absolute atomic E-state index is 13.1. The first-order chi connectivity index (χ1) is 11.6. The van der Waals surface area contributed by atoms with E-state index in [-0.39, 0.29) is 17.5 Å². The van der Waals surface area contributed by atoms with Gasteiger partial charge in [-0.05, 0) is 40.9 Å². The van der Waals surface area contributed by atoms with Gasteiger partial charge in [-0.2, -0.15) is 5.10 Å². The van der Waals surface area contributed by atoms with Crippen LogP contribution in [0.5, 0.6) is 0 Å². The van der Waals surface area contributed by atoms with E-state index in [2.05, 4.69) is 22.6 Å². The fourth-order valence-electron chi connectivity index (χ4n) is 3.05. The maximum Gasteiger partial charge on any atom is 0.275 e. The van der Waals surface area contributed by atoms with Crippen LogP contribution in [0.2, 0.25) is 0 Å². The van der Waals surface area contributed by atoms with Crippen molar-refractivity contribution < 1.29 is 4.79 Å². The van der Waals surface area contributed by atoms with Gasteiger partial charge in [-0.15, -0.1) is 22.7 Å². The predicted octanol–water partition coefficient (Wildman–Crippen LogP) is 2.69. The topological polar surface area (TPSA) is 55.2 Å². The molecule has 7 heteroatoms. The Hall–Kier alpha value is -2.25. The van der Waals surface area contributed by atoms with Crippen molar-refractivity contribution in [2.75, 3.05) is 6.54 Å². The Labute approximate surface area is 146 Å². The molecule has 0 saturated heterocycles. The smallest absolute Gasteiger partial charge is 0.275 e. The zero-order valence-electron chi connectivity index (χ0n) is 13.0. The van der Waals surface area contributed by atoms with E-state index in [0.717, 1.165) is 11.3 Å². The van der Waals surface area contributed by atoms with Crippen LogP contribution in [0.3, 0.4) is 0 Å². The highest BCUT2D eigenvalue weighted by Crippen LogP contribution is 2.39. The monoisotopic (exact) mass is 357 g/mol. The van der Waals surface area contributed by atoms with Gasteiger partial charge in [0.1, 0.15) is 5.69 Å². The number of rotatable bonds is 2. The van der Waals surface area contributed by atoms with E-state index in [1.54, 1.807) is 29.7 Å². The molecule has 122 valence electrons. The van der Waals surface area contributed by atoms with Gasteiger partial charge in [-0.3, -0.25) is 9.59 Å². The summed E-state index contributed by atoms with van der Waals surface area (Å²) in [7, 11) is 1.56. The molecule has 0 aliphatic carbocycles. The molecule has 1 unspecified atom stereocenters. The highest BCUT2D eigenvalue weighted by atomic mass is 32.1. The van der Waals surface area contributed by atoms with Crippen LogP contribution in [0.15, 0.2) is 45.9 Å². The standard InChI is InChI=1S/C17H15N3O2S2/c1-19-15(21)5-4-12(18-19)17(22)20-8-6-13-11(7-10-24-13)16(20)14-3-2-9-23-14/h2-5,7,9-10,16H,6,8H2,1H3. The minimum Gasteiger partial charge on any atom is -0.325 e. The third-order valence-electron chi connectivity index (χ3n) is 4.22. The van der Waals surface area contributed by atoms with Crippen LogP contribution < -0.4 is 5.56 Å². The number of amides is 1. The molecule has 24 heavy (non-hydrogen) atoms. The Morgan fingerprint density at radius 1 is 1.21 bits per heavy atom. The summed E-state index contributed by atoms with van der Waals surface area (Å²) in [4.78, 5) is 28.9. The number of hydrogen-bond donors (Lipinski definition) is 0. The molecule has 0 aromatic carbocycles. The molecule has 0 fully saturated rings. The van der Waals surface area contributed by atoms with Crippen LogP contribution in [-0.4, -0.2) is 27.1 Å². The first kappa shape index (κ1) is 15.3. The van der Waals surface area contributed by atoms with Crippen molar-refractivity contribution in [1.82, 2.24) is 14.7 Å². The third kappa shape index (κ3) is 2.50. The van der Waals surface area contributed by atoms with Gasteiger partial charge in [-0.25, -0.2) is 4.68 Å². The van der Waals surface area contributed by atoms with E-state index in [1.165, 1.54) is 27.3 Å². The second kappa shape index (κ2) is 5.99. The Balaban J connectivity index is 1.77. The molecule has 1 aliphatic rings. The summed E-state index contributed by atoms with van der Waals surface area (Å²) in [5, 5.41) is 8.24. The number of thiophene rings is 2. The lowest BCUT2D eigenvalue weighted by molar-refractivity contribution is 0.0690. The number of hydrogen-bond acceptors (Lipinski definition) is 5. The zero-order chi connectivity index (χ0) is 16.7. The van der Waals surface area contributed by atoms with E-state index < -0.39 is 0 Å². The van der Waals surface area contributed by atoms with Crippen molar-refractivity contribution in [2.24, 2.45) is 7.05 Å². The van der Waals surface area contributed by atoms with Gasteiger partial charge in [0.05, 0.1) is 6.04 Å². The SMILES string of the molecule is Cn1nc(C(=O)N2CCc3sccc3C2c2cccs2)ccc1=O. The van der Waals surface area contributed by atoms with Crippen LogP contribution >= 0.6 is 22.7 Å². The second-order valence-corrected chi connectivity index (χ2v) is 7.63. The van der Waals surface area contributed by atoms with E-state index in [4.69, 9.17) is 0 Å². The largest absolute Gasteiger partial charge is 0.325 e. The summed E-state index contributed by atoms with van der Waals surface area (Å²) >= 11 is 3.40. The van der Waals surface area contributed by atoms with Gasteiger partial charge < -0.3 is 4.90 Å². The van der Waals surface area contributed by atoms with Crippen LogP contribution in [0.1, 0.15) is 31.8 Å². The molecule has 1 atom stereocenters. The molecule has 4 rings (SSSR count). The lowest BCUT2D eigenvalue weighted by atomic mass is 9.98. The highest BCUT2D eigenvalue weighted by molar-refractivity contribution is 7.10. The summed E-state index contributed by atoms with van der Waals surface area (Å²) in [6.45, 7) is 0.652. The molecule has 4 heterocycles. The molecule has 3 aromatic rings. The second-order valence-electron chi connectivity index (χ2n) is 5.65. The van der Waals surface area contributed by atoms with Crippen molar-refractivity contribution in [3.63, 3.8) is 0 Å². The van der Waals surface area contributed by atoms with Crippen molar-refractivity contribution in [3.05, 3.63) is 72.5 Å². The average Bonchev–Trinajstić information content (AvgIpc) is 3.26. The Bertz CT molecular complexity index is 943. The number of fused-ring (bicyclic) bond motifs is 1. The quantitative estimate of drug-likeness (QED) is 0.709. The van der Waals surface area contributed by atoms with Crippen LogP contribution in [-0.2, 0) is 13.5 Å². The summed E-state index contributed by atoms with van der Waals surface area (Å²) in [5.74, 6) is -0.138. The van der Waals surface area contributed by atoms with E-state index in [1.807, 2.05) is 16.3 Å². The first-order valence-corrected chi connectivity index (χ1v) is 9.36. The molecule has 0 bridgehead atoms. The zero-order valence-corrected chi connectivity index (χ0v) is 14.6. The fraction of sp³-hybridized carbons (Fsp3) is 0.235. The van der Waals surface area contributed by atoms with Gasteiger partial charge in [0.15, 0.2) is 0 Å². The molecule has 0 saturated carbocycles. The molecule has 1 amide bonds. The molecular formula is C17H15N3O2S2. The third-order valence-corrected chi connectivity index (χ3v) is 6.14. The van der Waals surface area contributed by atoms with Crippen molar-refractivity contribution in [1.29, 1.82) is 0 Å². The summed E-state index contributed by atoms with van der Waals surface area (Å²) in [5.41, 5.74) is 1.28. The van der Waals surface area contributed by atoms with Gasteiger partial charge in [0, 0.05) is 29.4 Å². The molecule has 5 nitrogen and oxygen atoms in total. The number of aromatic nitrogens is 2. The summed E-state index contributed by atoms with van der Waals surface area (Å²) in [6.07, 6.45) is 0.854. The van der Waals surface area contributed by atoms with Gasteiger partial charge in [-0.1, -0.05) is 6.07 Å². The molecule has 0 radical (unpaired) electrons. The predicted molar refractivity (Wildman–Crippen MR) is 94.7 cm³/mol. The molecule has 3 aromatic heterocycles. The number of carbonyl (C=O) groups is 1. The van der Waals surface area contributed by atoms with Gasteiger partial charge >= 0.3 is 0 Å². The average molecular weight is 357 g/mol. The minimum absolute atomic E-state index is 0.0773. The van der Waals surface area contributed by atoms with Crippen molar-refractivity contribution in [3.8, 4) is 0 Å². The first-order valence-electron chi connectivity index (χ1n) is 7.60. The molecular weight excluding hydrogens is 342 g/mol. The maximum atomic E-state index is 13.1. The van der Waals surface area contributed by atoms with Crippen LogP contribution in [0, 0.1) is 0 Å². The Morgan fingerprint density at radius 2 is 2.08 bits per heavy atom. The van der Waals surface area contributed by atoms with Crippen molar-refractivity contribution in [2.45, 2.75) is 12.5 Å². The highest BCUT2D eigenvalue weighted by Gasteiger charge is 2.34. The van der Waals surface area contributed by atoms with Crippen LogP contribution in [0.25, 0.3) is 0 Å². The Morgan fingerprint density at radius 3 is 2.83 bits per heavy atom. The van der Waals surface area contributed by atoms with E-state index >= 15 is 0 Å². The number of carbonyl (C=O) groups excluding carboxylic acids is 1. The summed E-state index contributed by atoms with van der Waals surface area (Å²) < 4.78 is 1.20. The lowest BCUT2D eigenvalue weighted by Gasteiger charge is -2.35. The normalized spacial score (nSPS) is 16.9. The Kier molecular flexibility index (Phi) is 3.82. The van der Waals surface area contributed by atoms with E-state index in [9.17, 15) is 9.59 Å². The summed E-state index contributed by atoms with van der Waals surface area (Å²) in [6, 6.07) is 9.01. The molecule has 1 aliphatic heterocycles. The fourth-order valence-corrected chi connectivity index (χ4v) is 4.81. The van der Waals surface area contributed by atoms with Gasteiger partial charge in [0.2, 0.25) is 0 Å². The number of nitrogens with zero attached hydrogens (tertiary/aromatic N) is 3. The molecule has 0 spiro atoms. The van der Waals surface area contributed by atoms with Gasteiger partial charge in [0.25, 0.3) is 11.5 Å². The minimum atomic E-state index is -0.222. The van der Waals surface area contributed by atoms with Crippen LogP contribution in [0.4, 0.5) is 0 Å². The molecule has 0 N–H and O–H groups in total. The lowest BCUT2D eigenvalue weighted by Crippen LogP contribution is -2.40. The number of aryl methyl sites for hydroxylation is 1. The van der Waals surface area contributed by atoms with Crippen molar-refractivity contribution >= 4 is 28.6 Å². The van der Waals surface area contributed by atoms with E-state index in [0.29, 0.717) is 12.2 Å².